The molecule has 0 fully saturated rings. The molecular weight excluding hydrogens is 352 g/mol. The summed E-state index contributed by atoms with van der Waals surface area (Å²) < 4.78 is 11.3. The van der Waals surface area contributed by atoms with Crippen molar-refractivity contribution >= 4 is 5.78 Å². The number of fused-ring (bicyclic) bond motifs is 1. The molecule has 0 saturated heterocycles. The average Bonchev–Trinajstić information content (AvgIpc) is 2.65. The maximum absolute atomic E-state index is 12.5. The number of hydrogen-bond donors (Lipinski definition) is 4. The molecule has 0 radical (unpaired) electrons. The zero-order valence-electron chi connectivity index (χ0n) is 14.6. The summed E-state index contributed by atoms with van der Waals surface area (Å²) in [5, 5.41) is 38.9. The molecule has 7 nitrogen and oxygen atoms in total. The number of carbonyl (C=O) groups is 1. The molecular formula is C20H20O7. The van der Waals surface area contributed by atoms with E-state index in [0.717, 1.165) is 5.57 Å². The zero-order chi connectivity index (χ0) is 19.6. The van der Waals surface area contributed by atoms with Gasteiger partial charge >= 0.3 is 0 Å². The molecule has 0 spiro atoms. The highest BCUT2D eigenvalue weighted by Gasteiger charge is 2.39. The van der Waals surface area contributed by atoms with Crippen molar-refractivity contribution in [3.05, 3.63) is 59.2 Å². The van der Waals surface area contributed by atoms with Crippen LogP contribution in [0, 0.1) is 0 Å². The first kappa shape index (κ1) is 18.8. The standard InChI is InChI=1S/C20H20O7/c1-11(10-21)6-7-26-14-8-15(23)17-16(9-14)27-20(19(25)18(17)24)12-2-4-13(22)5-3-12/h2-6,8-9,19-23,25H,7,10H2,1H3/t19-,20+/m0/s1. The summed E-state index contributed by atoms with van der Waals surface area (Å²) in [7, 11) is 0. The molecule has 0 unspecified atom stereocenters. The summed E-state index contributed by atoms with van der Waals surface area (Å²) in [6.45, 7) is 1.84. The number of aliphatic hydroxyl groups excluding tert-OH is 2. The second-order valence-corrected chi connectivity index (χ2v) is 6.27. The number of aliphatic hydroxyl groups is 2. The molecule has 0 saturated carbocycles. The van der Waals surface area contributed by atoms with Gasteiger partial charge < -0.3 is 29.9 Å². The summed E-state index contributed by atoms with van der Waals surface area (Å²) in [5.41, 5.74) is 1.14. The van der Waals surface area contributed by atoms with Gasteiger partial charge in [-0.2, -0.15) is 0 Å². The van der Waals surface area contributed by atoms with Crippen LogP contribution in [0.5, 0.6) is 23.0 Å². The number of ether oxygens (including phenoxy) is 2. The fourth-order valence-corrected chi connectivity index (χ4v) is 2.75. The minimum atomic E-state index is -1.49. The molecule has 2 aromatic rings. The number of ketones is 1. The van der Waals surface area contributed by atoms with Gasteiger partial charge in [-0.1, -0.05) is 12.1 Å². The van der Waals surface area contributed by atoms with E-state index in [1.807, 2.05) is 0 Å². The SMILES string of the molecule is CC(=CCOc1cc(O)c2c(c1)O[C@H](c1ccc(O)cc1)[C@@H](O)C2=O)CO. The number of phenolic OH excluding ortho intramolecular Hbond substituents is 2. The number of benzene rings is 2. The molecule has 0 bridgehead atoms. The van der Waals surface area contributed by atoms with Crippen LogP contribution >= 0.6 is 0 Å². The molecule has 3 rings (SSSR count). The van der Waals surface area contributed by atoms with Crippen LogP contribution in [-0.2, 0) is 0 Å². The van der Waals surface area contributed by atoms with Crippen LogP contribution in [0.2, 0.25) is 0 Å². The predicted molar refractivity (Wildman–Crippen MR) is 96.3 cm³/mol. The van der Waals surface area contributed by atoms with Crippen LogP contribution in [0.4, 0.5) is 0 Å². The van der Waals surface area contributed by atoms with Crippen LogP contribution in [0.3, 0.4) is 0 Å². The lowest BCUT2D eigenvalue weighted by Gasteiger charge is -2.30. The van der Waals surface area contributed by atoms with Gasteiger partial charge in [-0.15, -0.1) is 0 Å². The maximum atomic E-state index is 12.5. The topological polar surface area (TPSA) is 116 Å². The summed E-state index contributed by atoms with van der Waals surface area (Å²) in [6, 6.07) is 8.69. The smallest absolute Gasteiger partial charge is 0.202 e. The average molecular weight is 372 g/mol. The van der Waals surface area contributed by atoms with Crippen LogP contribution in [0.1, 0.15) is 28.9 Å². The molecule has 1 aliphatic rings. The molecule has 1 aliphatic heterocycles. The van der Waals surface area contributed by atoms with Crippen LogP contribution in [-0.4, -0.2) is 45.5 Å². The lowest BCUT2D eigenvalue weighted by atomic mass is 9.93. The fourth-order valence-electron chi connectivity index (χ4n) is 2.75. The fraction of sp³-hybridized carbons (Fsp3) is 0.250. The molecule has 2 atom stereocenters. The van der Waals surface area contributed by atoms with E-state index >= 15 is 0 Å². The number of hydrogen-bond acceptors (Lipinski definition) is 7. The summed E-state index contributed by atoms with van der Waals surface area (Å²) in [4.78, 5) is 12.5. The van der Waals surface area contributed by atoms with Crippen LogP contribution < -0.4 is 9.47 Å². The first-order valence-corrected chi connectivity index (χ1v) is 8.35. The van der Waals surface area contributed by atoms with Crippen molar-refractivity contribution in [3.8, 4) is 23.0 Å². The third-order valence-electron chi connectivity index (χ3n) is 4.26. The van der Waals surface area contributed by atoms with E-state index in [0.29, 0.717) is 5.56 Å². The molecule has 4 N–H and O–H groups in total. The highest BCUT2D eigenvalue weighted by atomic mass is 16.5. The highest BCUT2D eigenvalue weighted by Crippen LogP contribution is 2.42. The van der Waals surface area contributed by atoms with Gasteiger partial charge in [0.1, 0.15) is 35.2 Å². The van der Waals surface area contributed by atoms with E-state index in [2.05, 4.69) is 0 Å². The van der Waals surface area contributed by atoms with Crippen molar-refractivity contribution in [3.63, 3.8) is 0 Å². The van der Waals surface area contributed by atoms with E-state index in [9.17, 15) is 20.1 Å². The molecule has 7 heteroatoms. The van der Waals surface area contributed by atoms with E-state index in [-0.39, 0.29) is 41.8 Å². The Labute approximate surface area is 155 Å². The monoisotopic (exact) mass is 372 g/mol. The Morgan fingerprint density at radius 1 is 1.22 bits per heavy atom. The Hall–Kier alpha value is -3.03. The molecule has 142 valence electrons. The maximum Gasteiger partial charge on any atom is 0.202 e. The molecule has 27 heavy (non-hydrogen) atoms. The lowest BCUT2D eigenvalue weighted by molar-refractivity contribution is 0.0210. The Balaban J connectivity index is 1.90. The first-order valence-electron chi connectivity index (χ1n) is 8.35. The summed E-state index contributed by atoms with van der Waals surface area (Å²) >= 11 is 0. The Morgan fingerprint density at radius 2 is 1.93 bits per heavy atom. The number of carbonyl (C=O) groups excluding carboxylic acids is 1. The second kappa shape index (κ2) is 7.69. The number of rotatable bonds is 5. The van der Waals surface area contributed by atoms with Crippen molar-refractivity contribution in [2.75, 3.05) is 13.2 Å². The van der Waals surface area contributed by atoms with Gasteiger partial charge in [-0.05, 0) is 36.3 Å². The normalized spacial score (nSPS) is 19.4. The molecule has 0 aliphatic carbocycles. The minimum Gasteiger partial charge on any atom is -0.508 e. The van der Waals surface area contributed by atoms with Gasteiger partial charge in [-0.3, -0.25) is 4.79 Å². The Bertz CT molecular complexity index is 871. The van der Waals surface area contributed by atoms with Gasteiger partial charge in [-0.25, -0.2) is 0 Å². The van der Waals surface area contributed by atoms with E-state index in [1.54, 1.807) is 25.1 Å². The molecule has 0 amide bonds. The number of aromatic hydroxyl groups is 2. The predicted octanol–water partition coefficient (Wildman–Crippen LogP) is 2.09. The molecule has 0 aromatic heterocycles. The van der Waals surface area contributed by atoms with Crippen molar-refractivity contribution in [2.45, 2.75) is 19.1 Å². The van der Waals surface area contributed by atoms with E-state index in [1.165, 1.54) is 24.3 Å². The number of Topliss-reactive ketones (excluding diaryl/α,β-unsaturated/α-hetero) is 1. The van der Waals surface area contributed by atoms with E-state index < -0.39 is 18.0 Å². The summed E-state index contributed by atoms with van der Waals surface area (Å²) in [6.07, 6.45) is -0.780. The van der Waals surface area contributed by atoms with Gasteiger partial charge in [0.25, 0.3) is 0 Å². The lowest BCUT2D eigenvalue weighted by Crippen LogP contribution is -2.36. The minimum absolute atomic E-state index is 0.0512. The second-order valence-electron chi connectivity index (χ2n) is 6.27. The third kappa shape index (κ3) is 3.89. The zero-order valence-corrected chi connectivity index (χ0v) is 14.6. The Morgan fingerprint density at radius 3 is 2.59 bits per heavy atom. The van der Waals surface area contributed by atoms with E-state index in [4.69, 9.17) is 14.6 Å². The molecule has 1 heterocycles. The molecule has 2 aromatic carbocycles. The van der Waals surface area contributed by atoms with Gasteiger partial charge in [0.2, 0.25) is 5.78 Å². The number of phenols is 2. The van der Waals surface area contributed by atoms with Crippen LogP contribution in [0.15, 0.2) is 48.0 Å². The van der Waals surface area contributed by atoms with Crippen molar-refractivity contribution in [1.82, 2.24) is 0 Å². The quantitative estimate of drug-likeness (QED) is 0.594. The van der Waals surface area contributed by atoms with Gasteiger partial charge in [0.05, 0.1) is 6.61 Å². The Kier molecular flexibility index (Phi) is 5.34. The third-order valence-corrected chi connectivity index (χ3v) is 4.26. The van der Waals surface area contributed by atoms with Crippen molar-refractivity contribution in [1.29, 1.82) is 0 Å². The first-order chi connectivity index (χ1) is 12.9. The van der Waals surface area contributed by atoms with Gasteiger partial charge in [0.15, 0.2) is 12.2 Å². The largest absolute Gasteiger partial charge is 0.508 e. The van der Waals surface area contributed by atoms with Crippen molar-refractivity contribution in [2.24, 2.45) is 0 Å². The highest BCUT2D eigenvalue weighted by molar-refractivity contribution is 6.05. The van der Waals surface area contributed by atoms with Crippen LogP contribution in [0.25, 0.3) is 0 Å². The summed E-state index contributed by atoms with van der Waals surface area (Å²) in [5.74, 6) is -0.577. The van der Waals surface area contributed by atoms with Gasteiger partial charge in [0, 0.05) is 12.1 Å². The van der Waals surface area contributed by atoms with Crippen molar-refractivity contribution < 1.29 is 34.7 Å².